The van der Waals surface area contributed by atoms with Crippen LogP contribution in [0.25, 0.3) is 0 Å². The molecule has 0 unspecified atom stereocenters. The largest absolute Gasteiger partial charge is 0.497 e. The SMILES string of the molecule is COc1ccc(CN2CCN(Cc3ccc(OC(F)F)cc3)CC2)cc1. The molecular formula is C20H24F2N2O2. The highest BCUT2D eigenvalue weighted by atomic mass is 19.3. The van der Waals surface area contributed by atoms with Gasteiger partial charge in [-0.05, 0) is 35.4 Å². The topological polar surface area (TPSA) is 24.9 Å². The predicted molar refractivity (Wildman–Crippen MR) is 96.6 cm³/mol. The van der Waals surface area contributed by atoms with E-state index >= 15 is 0 Å². The second kappa shape index (κ2) is 8.96. The molecule has 140 valence electrons. The van der Waals surface area contributed by atoms with E-state index in [-0.39, 0.29) is 5.75 Å². The Kier molecular flexibility index (Phi) is 6.41. The van der Waals surface area contributed by atoms with E-state index in [0.717, 1.165) is 50.6 Å². The van der Waals surface area contributed by atoms with E-state index in [9.17, 15) is 8.78 Å². The summed E-state index contributed by atoms with van der Waals surface area (Å²) in [6.07, 6.45) is 0. The van der Waals surface area contributed by atoms with Gasteiger partial charge in [0.15, 0.2) is 0 Å². The summed E-state index contributed by atoms with van der Waals surface area (Å²) in [6, 6.07) is 15.1. The van der Waals surface area contributed by atoms with Crippen LogP contribution < -0.4 is 9.47 Å². The molecule has 2 aromatic carbocycles. The van der Waals surface area contributed by atoms with Gasteiger partial charge in [0.05, 0.1) is 7.11 Å². The summed E-state index contributed by atoms with van der Waals surface area (Å²) in [5, 5.41) is 0. The third kappa shape index (κ3) is 5.41. The Hall–Kier alpha value is -2.18. The molecule has 1 aliphatic rings. The van der Waals surface area contributed by atoms with E-state index in [4.69, 9.17) is 4.74 Å². The maximum absolute atomic E-state index is 12.2. The Morgan fingerprint density at radius 2 is 1.19 bits per heavy atom. The number of nitrogens with zero attached hydrogens (tertiary/aromatic N) is 2. The van der Waals surface area contributed by atoms with Gasteiger partial charge in [-0.25, -0.2) is 0 Å². The lowest BCUT2D eigenvalue weighted by atomic mass is 10.1. The first-order chi connectivity index (χ1) is 12.6. The number of benzene rings is 2. The number of alkyl halides is 2. The molecule has 4 nitrogen and oxygen atoms in total. The summed E-state index contributed by atoms with van der Waals surface area (Å²) in [5.74, 6) is 1.08. The van der Waals surface area contributed by atoms with Crippen molar-refractivity contribution in [2.75, 3.05) is 33.3 Å². The summed E-state index contributed by atoms with van der Waals surface area (Å²) in [4.78, 5) is 4.82. The van der Waals surface area contributed by atoms with Crippen LogP contribution in [0.2, 0.25) is 0 Å². The van der Waals surface area contributed by atoms with Crippen LogP contribution in [0, 0.1) is 0 Å². The molecule has 3 rings (SSSR count). The van der Waals surface area contributed by atoms with Crippen LogP contribution in [0.5, 0.6) is 11.5 Å². The first kappa shape index (κ1) is 18.6. The number of hydrogen-bond acceptors (Lipinski definition) is 4. The van der Waals surface area contributed by atoms with Crippen LogP contribution in [0.1, 0.15) is 11.1 Å². The summed E-state index contributed by atoms with van der Waals surface area (Å²) < 4.78 is 33.9. The normalized spacial score (nSPS) is 16.0. The van der Waals surface area contributed by atoms with E-state index in [0.29, 0.717) is 0 Å². The lowest BCUT2D eigenvalue weighted by Crippen LogP contribution is -2.45. The van der Waals surface area contributed by atoms with Crippen LogP contribution in [0.3, 0.4) is 0 Å². The molecule has 0 bridgehead atoms. The fourth-order valence-corrected chi connectivity index (χ4v) is 3.13. The van der Waals surface area contributed by atoms with Crippen molar-refractivity contribution in [1.82, 2.24) is 9.80 Å². The second-order valence-corrected chi connectivity index (χ2v) is 6.42. The fraction of sp³-hybridized carbons (Fsp3) is 0.400. The summed E-state index contributed by atoms with van der Waals surface area (Å²) in [7, 11) is 1.67. The molecule has 1 aliphatic heterocycles. The zero-order chi connectivity index (χ0) is 18.4. The number of methoxy groups -OCH3 is 1. The number of halogens is 2. The van der Waals surface area contributed by atoms with Crippen LogP contribution in [-0.4, -0.2) is 49.7 Å². The highest BCUT2D eigenvalue weighted by Gasteiger charge is 2.17. The summed E-state index contributed by atoms with van der Waals surface area (Å²) in [6.45, 7) is 3.00. The smallest absolute Gasteiger partial charge is 0.387 e. The molecule has 0 saturated carbocycles. The first-order valence-electron chi connectivity index (χ1n) is 8.74. The van der Waals surface area contributed by atoms with E-state index in [1.807, 2.05) is 24.3 Å². The zero-order valence-electron chi connectivity index (χ0n) is 14.9. The molecule has 0 aliphatic carbocycles. The molecule has 1 heterocycles. The highest BCUT2D eigenvalue weighted by molar-refractivity contribution is 5.28. The molecule has 1 saturated heterocycles. The summed E-state index contributed by atoms with van der Waals surface area (Å²) in [5.41, 5.74) is 2.39. The minimum atomic E-state index is -2.78. The van der Waals surface area contributed by atoms with Crippen LogP contribution in [0.4, 0.5) is 8.78 Å². The van der Waals surface area contributed by atoms with Crippen molar-refractivity contribution in [3.05, 3.63) is 59.7 Å². The number of hydrogen-bond donors (Lipinski definition) is 0. The van der Waals surface area contributed by atoms with Gasteiger partial charge in [-0.2, -0.15) is 8.78 Å². The third-order valence-electron chi connectivity index (χ3n) is 4.58. The lowest BCUT2D eigenvalue weighted by Gasteiger charge is -2.34. The van der Waals surface area contributed by atoms with Gasteiger partial charge in [-0.3, -0.25) is 9.80 Å². The lowest BCUT2D eigenvalue weighted by molar-refractivity contribution is -0.0498. The average molecular weight is 362 g/mol. The zero-order valence-corrected chi connectivity index (χ0v) is 14.9. The van der Waals surface area contributed by atoms with Crippen molar-refractivity contribution in [3.8, 4) is 11.5 Å². The van der Waals surface area contributed by atoms with Crippen LogP contribution >= 0.6 is 0 Å². The Morgan fingerprint density at radius 3 is 1.58 bits per heavy atom. The number of rotatable bonds is 7. The van der Waals surface area contributed by atoms with Gasteiger partial charge >= 0.3 is 6.61 Å². The molecule has 2 aromatic rings. The average Bonchev–Trinajstić information content (AvgIpc) is 2.65. The molecule has 26 heavy (non-hydrogen) atoms. The summed E-state index contributed by atoms with van der Waals surface area (Å²) >= 11 is 0. The van der Waals surface area contributed by atoms with Crippen molar-refractivity contribution in [1.29, 1.82) is 0 Å². The Bertz CT molecular complexity index is 669. The molecule has 6 heteroatoms. The molecule has 1 fully saturated rings. The number of piperazine rings is 1. The monoisotopic (exact) mass is 362 g/mol. The molecule has 0 aromatic heterocycles. The quantitative estimate of drug-likeness (QED) is 0.751. The maximum Gasteiger partial charge on any atom is 0.387 e. The standard InChI is InChI=1S/C20H24F2N2O2/c1-25-18-6-2-16(3-7-18)14-23-10-12-24(13-11-23)15-17-4-8-19(9-5-17)26-20(21)22/h2-9,20H,10-15H2,1H3. The number of ether oxygens (including phenoxy) is 2. The molecule has 0 spiro atoms. The maximum atomic E-state index is 12.2. The van der Waals surface area contributed by atoms with Crippen molar-refractivity contribution in [2.24, 2.45) is 0 Å². The van der Waals surface area contributed by atoms with Gasteiger partial charge < -0.3 is 9.47 Å². The van der Waals surface area contributed by atoms with Gasteiger partial charge in [-0.1, -0.05) is 24.3 Å². The minimum Gasteiger partial charge on any atom is -0.497 e. The fourth-order valence-electron chi connectivity index (χ4n) is 3.13. The van der Waals surface area contributed by atoms with Crippen molar-refractivity contribution < 1.29 is 18.3 Å². The Morgan fingerprint density at radius 1 is 0.769 bits per heavy atom. The van der Waals surface area contributed by atoms with E-state index in [1.165, 1.54) is 5.56 Å². The van der Waals surface area contributed by atoms with E-state index in [1.54, 1.807) is 19.2 Å². The van der Waals surface area contributed by atoms with Crippen molar-refractivity contribution >= 4 is 0 Å². The van der Waals surface area contributed by atoms with Crippen LogP contribution in [-0.2, 0) is 13.1 Å². The molecule has 0 atom stereocenters. The van der Waals surface area contributed by atoms with Crippen molar-refractivity contribution in [2.45, 2.75) is 19.7 Å². The minimum absolute atomic E-state index is 0.202. The molecule has 0 N–H and O–H groups in total. The van der Waals surface area contributed by atoms with Gasteiger partial charge in [0.1, 0.15) is 11.5 Å². The molecule has 0 radical (unpaired) electrons. The van der Waals surface area contributed by atoms with Crippen LogP contribution in [0.15, 0.2) is 48.5 Å². The van der Waals surface area contributed by atoms with E-state index in [2.05, 4.69) is 26.7 Å². The predicted octanol–water partition coefficient (Wildman–Crippen LogP) is 3.61. The van der Waals surface area contributed by atoms with E-state index < -0.39 is 6.61 Å². The van der Waals surface area contributed by atoms with Gasteiger partial charge in [-0.15, -0.1) is 0 Å². The second-order valence-electron chi connectivity index (χ2n) is 6.42. The van der Waals surface area contributed by atoms with Gasteiger partial charge in [0, 0.05) is 39.3 Å². The highest BCUT2D eigenvalue weighted by Crippen LogP contribution is 2.18. The Balaban J connectivity index is 1.44. The van der Waals surface area contributed by atoms with Crippen molar-refractivity contribution in [3.63, 3.8) is 0 Å². The van der Waals surface area contributed by atoms with Gasteiger partial charge in [0.2, 0.25) is 0 Å². The molecular weight excluding hydrogens is 338 g/mol. The van der Waals surface area contributed by atoms with Gasteiger partial charge in [0.25, 0.3) is 0 Å². The Labute approximate surface area is 152 Å². The first-order valence-corrected chi connectivity index (χ1v) is 8.74. The molecule has 0 amide bonds. The third-order valence-corrected chi connectivity index (χ3v) is 4.58.